The van der Waals surface area contributed by atoms with Crippen LogP contribution in [0.1, 0.15) is 24.0 Å². The van der Waals surface area contributed by atoms with Crippen LogP contribution in [0.25, 0.3) is 11.1 Å². The van der Waals surface area contributed by atoms with E-state index >= 15 is 0 Å². The molecule has 3 aromatic carbocycles. The maximum atomic E-state index is 14.4. The first-order valence-corrected chi connectivity index (χ1v) is 12.6. The van der Waals surface area contributed by atoms with Crippen LogP contribution in [0.5, 0.6) is 5.75 Å². The second-order valence-corrected chi connectivity index (χ2v) is 9.28. The number of aryl methyl sites for hydroxylation is 1. The molecule has 0 radical (unpaired) electrons. The van der Waals surface area contributed by atoms with Gasteiger partial charge in [-0.1, -0.05) is 30.3 Å². The number of fused-ring (bicyclic) bond motifs is 1. The normalized spacial score (nSPS) is 15.5. The molecule has 4 aromatic rings. The Kier molecular flexibility index (Phi) is 6.98. The van der Waals surface area contributed by atoms with E-state index < -0.39 is 11.8 Å². The van der Waals surface area contributed by atoms with E-state index in [1.54, 1.807) is 39.9 Å². The number of methoxy groups -OCH3 is 1. The number of phenols is 1. The van der Waals surface area contributed by atoms with Gasteiger partial charge in [0, 0.05) is 36.7 Å². The van der Waals surface area contributed by atoms with E-state index in [2.05, 4.69) is 5.10 Å². The molecule has 1 atom stereocenters. The first kappa shape index (κ1) is 25.2. The second kappa shape index (κ2) is 10.5. The van der Waals surface area contributed by atoms with Gasteiger partial charge in [-0.2, -0.15) is 5.10 Å². The molecule has 38 heavy (non-hydrogen) atoms. The van der Waals surface area contributed by atoms with Gasteiger partial charge in [0.25, 0.3) is 0 Å². The molecule has 0 saturated heterocycles. The van der Waals surface area contributed by atoms with Gasteiger partial charge in [0.15, 0.2) is 0 Å². The monoisotopic (exact) mass is 510 g/mol. The van der Waals surface area contributed by atoms with Gasteiger partial charge in [-0.05, 0) is 61.4 Å². The minimum Gasteiger partial charge on any atom is -0.508 e. The molecule has 1 N–H and O–H groups in total. The second-order valence-electron chi connectivity index (χ2n) is 9.28. The summed E-state index contributed by atoms with van der Waals surface area (Å²) in [4.78, 5) is 31.6. The summed E-state index contributed by atoms with van der Waals surface area (Å²) < 4.78 is 6.90. The first-order chi connectivity index (χ1) is 18.4. The lowest BCUT2D eigenvalue weighted by Gasteiger charge is -2.25. The van der Waals surface area contributed by atoms with Crippen LogP contribution in [0.15, 0.2) is 79.1 Å². The number of hydrogen-bond donors (Lipinski definition) is 1. The van der Waals surface area contributed by atoms with Crippen LogP contribution in [-0.2, 0) is 20.9 Å². The molecule has 1 aromatic heterocycles. The predicted molar refractivity (Wildman–Crippen MR) is 147 cm³/mol. The van der Waals surface area contributed by atoms with Gasteiger partial charge < -0.3 is 14.7 Å². The molecule has 1 aliphatic rings. The standard InChI is InChI=1S/C30H30N4O4/c1-4-33-25-12-10-20(2)16-26(25)34(23-8-6-5-7-9-23)30(37)28(29(33)36)24-17-21(11-13-27(24)35)22-18-31-32(19-22)14-15-38-3/h5-13,16-19,28,35H,4,14-15H2,1-3H3. The van der Waals surface area contributed by atoms with Crippen LogP contribution in [0.3, 0.4) is 0 Å². The largest absolute Gasteiger partial charge is 0.508 e. The van der Waals surface area contributed by atoms with Crippen LogP contribution >= 0.6 is 0 Å². The lowest BCUT2D eigenvalue weighted by atomic mass is 9.92. The van der Waals surface area contributed by atoms with Crippen molar-refractivity contribution in [1.29, 1.82) is 0 Å². The van der Waals surface area contributed by atoms with E-state index in [-0.39, 0.29) is 17.2 Å². The van der Waals surface area contributed by atoms with Crippen LogP contribution in [0, 0.1) is 6.92 Å². The summed E-state index contributed by atoms with van der Waals surface area (Å²) in [6.45, 7) is 5.32. The number of aromatic hydroxyl groups is 1. The van der Waals surface area contributed by atoms with Crippen molar-refractivity contribution >= 4 is 28.9 Å². The molecule has 1 unspecified atom stereocenters. The highest BCUT2D eigenvalue weighted by Crippen LogP contribution is 2.44. The Hall–Kier alpha value is -4.43. The van der Waals surface area contributed by atoms with Gasteiger partial charge in [-0.15, -0.1) is 0 Å². The highest BCUT2D eigenvalue weighted by atomic mass is 16.5. The number of hydrogen-bond acceptors (Lipinski definition) is 5. The van der Waals surface area contributed by atoms with Gasteiger partial charge in [0.05, 0.1) is 30.7 Å². The van der Waals surface area contributed by atoms with E-state index in [1.807, 2.05) is 68.6 Å². The summed E-state index contributed by atoms with van der Waals surface area (Å²) >= 11 is 0. The number of para-hydroxylation sites is 1. The van der Waals surface area contributed by atoms with Crippen molar-refractivity contribution in [2.45, 2.75) is 26.3 Å². The minimum absolute atomic E-state index is 0.113. The molecule has 194 valence electrons. The molecule has 8 nitrogen and oxygen atoms in total. The van der Waals surface area contributed by atoms with Crippen molar-refractivity contribution in [1.82, 2.24) is 9.78 Å². The number of carbonyl (C=O) groups excluding carboxylic acids is 2. The molecule has 0 spiro atoms. The van der Waals surface area contributed by atoms with Crippen LogP contribution in [0.2, 0.25) is 0 Å². The molecule has 2 amide bonds. The maximum Gasteiger partial charge on any atom is 0.248 e. The summed E-state index contributed by atoms with van der Waals surface area (Å²) in [7, 11) is 1.63. The quantitative estimate of drug-likeness (QED) is 0.353. The average Bonchev–Trinajstić information content (AvgIpc) is 3.37. The number of aromatic nitrogens is 2. The third kappa shape index (κ3) is 4.54. The highest BCUT2D eigenvalue weighted by Gasteiger charge is 2.42. The molecule has 0 aliphatic carbocycles. The molecular formula is C30H30N4O4. The zero-order chi connectivity index (χ0) is 26.8. The number of nitrogens with zero attached hydrogens (tertiary/aromatic N) is 4. The van der Waals surface area contributed by atoms with E-state index in [4.69, 9.17) is 4.74 Å². The van der Waals surface area contributed by atoms with Gasteiger partial charge in [0.1, 0.15) is 11.7 Å². The Balaban J connectivity index is 1.66. The Labute approximate surface area is 221 Å². The zero-order valence-electron chi connectivity index (χ0n) is 21.7. The molecule has 2 heterocycles. The molecular weight excluding hydrogens is 480 g/mol. The van der Waals surface area contributed by atoms with E-state index in [1.165, 1.54) is 6.07 Å². The smallest absolute Gasteiger partial charge is 0.248 e. The van der Waals surface area contributed by atoms with Crippen LogP contribution in [-0.4, -0.2) is 47.0 Å². The summed E-state index contributed by atoms with van der Waals surface area (Å²) in [5, 5.41) is 15.4. The van der Waals surface area contributed by atoms with Gasteiger partial charge in [0.2, 0.25) is 11.8 Å². The lowest BCUT2D eigenvalue weighted by Crippen LogP contribution is -2.39. The number of benzene rings is 3. The summed E-state index contributed by atoms with van der Waals surface area (Å²) in [5.74, 6) is -2.17. The van der Waals surface area contributed by atoms with Gasteiger partial charge in [-0.25, -0.2) is 0 Å². The van der Waals surface area contributed by atoms with E-state index in [0.29, 0.717) is 36.8 Å². The predicted octanol–water partition coefficient (Wildman–Crippen LogP) is 5.03. The maximum absolute atomic E-state index is 14.4. The number of phenolic OH excluding ortho intramolecular Hbond substituents is 1. The summed E-state index contributed by atoms with van der Waals surface area (Å²) in [6, 6.07) is 20.0. The van der Waals surface area contributed by atoms with E-state index in [0.717, 1.165) is 16.7 Å². The minimum atomic E-state index is -1.24. The van der Waals surface area contributed by atoms with Gasteiger partial charge >= 0.3 is 0 Å². The number of anilines is 3. The SMILES string of the molecule is CCN1C(=O)C(c2cc(-c3cnn(CCOC)c3)ccc2O)C(=O)N(c2ccccc2)c2cc(C)ccc21. The van der Waals surface area contributed by atoms with Crippen LogP contribution < -0.4 is 9.80 Å². The molecule has 0 fully saturated rings. The third-order valence-corrected chi connectivity index (χ3v) is 6.80. The Morgan fingerprint density at radius 3 is 2.47 bits per heavy atom. The van der Waals surface area contributed by atoms with Crippen molar-refractivity contribution < 1.29 is 19.4 Å². The number of carbonyl (C=O) groups is 2. The zero-order valence-corrected chi connectivity index (χ0v) is 21.7. The molecule has 0 saturated carbocycles. The third-order valence-electron chi connectivity index (χ3n) is 6.80. The van der Waals surface area contributed by atoms with Crippen molar-refractivity contribution in [3.05, 3.63) is 90.3 Å². The Morgan fingerprint density at radius 2 is 1.74 bits per heavy atom. The Bertz CT molecular complexity index is 1480. The molecule has 5 rings (SSSR count). The summed E-state index contributed by atoms with van der Waals surface area (Å²) in [6.07, 6.45) is 3.59. The average molecular weight is 511 g/mol. The highest BCUT2D eigenvalue weighted by molar-refractivity contribution is 6.23. The van der Waals surface area contributed by atoms with Crippen molar-refractivity contribution in [2.75, 3.05) is 30.1 Å². The number of likely N-dealkylation sites (N-methyl/N-ethyl adjacent to an activating group) is 1. The van der Waals surface area contributed by atoms with Crippen LogP contribution in [0.4, 0.5) is 17.1 Å². The summed E-state index contributed by atoms with van der Waals surface area (Å²) in [5.41, 5.74) is 4.71. The van der Waals surface area contributed by atoms with E-state index in [9.17, 15) is 14.7 Å². The molecule has 8 heteroatoms. The van der Waals surface area contributed by atoms with Crippen molar-refractivity contribution in [3.63, 3.8) is 0 Å². The molecule has 1 aliphatic heterocycles. The van der Waals surface area contributed by atoms with Crippen molar-refractivity contribution in [3.8, 4) is 16.9 Å². The Morgan fingerprint density at radius 1 is 0.947 bits per heavy atom. The number of ether oxygens (including phenoxy) is 1. The molecule has 0 bridgehead atoms. The fraction of sp³-hybridized carbons (Fsp3) is 0.233. The first-order valence-electron chi connectivity index (χ1n) is 12.6. The fourth-order valence-electron chi connectivity index (χ4n) is 4.89. The number of rotatable bonds is 7. The number of amides is 2. The lowest BCUT2D eigenvalue weighted by molar-refractivity contribution is -0.128. The van der Waals surface area contributed by atoms with Gasteiger partial charge in [-0.3, -0.25) is 19.2 Å². The topological polar surface area (TPSA) is 87.9 Å². The van der Waals surface area contributed by atoms with Crippen molar-refractivity contribution in [2.24, 2.45) is 0 Å². The fourth-order valence-corrected chi connectivity index (χ4v) is 4.89.